The van der Waals surface area contributed by atoms with Crippen LogP contribution >= 0.6 is 11.8 Å². The van der Waals surface area contributed by atoms with Gasteiger partial charge >= 0.3 is 5.97 Å². The van der Waals surface area contributed by atoms with Gasteiger partial charge in [-0.15, -0.1) is 11.8 Å². The van der Waals surface area contributed by atoms with Crippen LogP contribution in [0.1, 0.15) is 19.4 Å². The van der Waals surface area contributed by atoms with Crippen LogP contribution in [0.2, 0.25) is 0 Å². The number of ether oxygens (including phenoxy) is 1. The van der Waals surface area contributed by atoms with Gasteiger partial charge in [0.1, 0.15) is 6.04 Å². The molecule has 0 unspecified atom stereocenters. The lowest BCUT2D eigenvalue weighted by Crippen LogP contribution is -2.43. The average Bonchev–Trinajstić information content (AvgIpc) is 2.82. The van der Waals surface area contributed by atoms with Crippen molar-refractivity contribution in [1.29, 1.82) is 0 Å². The van der Waals surface area contributed by atoms with Crippen molar-refractivity contribution in [2.24, 2.45) is 0 Å². The summed E-state index contributed by atoms with van der Waals surface area (Å²) in [7, 11) is 0. The minimum atomic E-state index is -0.600. The first-order valence-electron chi connectivity index (χ1n) is 6.33. The van der Waals surface area contributed by atoms with Gasteiger partial charge in [0.2, 0.25) is 5.91 Å². The van der Waals surface area contributed by atoms with Gasteiger partial charge in [0.25, 0.3) is 0 Å². The Hall–Kier alpha value is -1.49. The highest BCUT2D eigenvalue weighted by molar-refractivity contribution is 8.01. The number of hydrogen-bond donors (Lipinski definition) is 1. The molecule has 0 saturated heterocycles. The summed E-state index contributed by atoms with van der Waals surface area (Å²) >= 11 is 1.55. The quantitative estimate of drug-likeness (QED) is 0.854. The first-order valence-corrected chi connectivity index (χ1v) is 7.21. The van der Waals surface area contributed by atoms with Gasteiger partial charge in [0.15, 0.2) is 0 Å². The molecule has 4 nitrogen and oxygen atoms in total. The van der Waals surface area contributed by atoms with Crippen molar-refractivity contribution >= 4 is 23.6 Å². The molecule has 1 N–H and O–H groups in total. The van der Waals surface area contributed by atoms with Crippen molar-refractivity contribution in [3.63, 3.8) is 0 Å². The largest absolute Gasteiger partial charge is 0.464 e. The van der Waals surface area contributed by atoms with Crippen LogP contribution in [0.4, 0.5) is 0 Å². The van der Waals surface area contributed by atoms with Gasteiger partial charge in [0, 0.05) is 4.90 Å². The van der Waals surface area contributed by atoms with Gasteiger partial charge in [-0.2, -0.15) is 0 Å². The monoisotopic (exact) mass is 279 g/mol. The molecule has 1 aliphatic rings. The van der Waals surface area contributed by atoms with Crippen molar-refractivity contribution in [1.82, 2.24) is 5.32 Å². The Morgan fingerprint density at radius 3 is 2.89 bits per heavy atom. The predicted octanol–water partition coefficient (Wildman–Crippen LogP) is 1.77. The maximum Gasteiger partial charge on any atom is 0.328 e. The summed E-state index contributed by atoms with van der Waals surface area (Å²) in [4.78, 5) is 24.7. The molecular formula is C14H17NO3S. The zero-order chi connectivity index (χ0) is 13.8. The molecule has 0 bridgehead atoms. The molecule has 1 amide bonds. The Bertz CT molecular complexity index is 464. The number of amides is 1. The lowest BCUT2D eigenvalue weighted by atomic mass is 10.1. The number of fused-ring (bicyclic) bond motifs is 1. The summed E-state index contributed by atoms with van der Waals surface area (Å²) < 4.78 is 4.87. The molecule has 0 saturated carbocycles. The number of carbonyl (C=O) groups excluding carboxylic acids is 2. The molecule has 1 aromatic rings. The molecule has 5 heteroatoms. The third kappa shape index (κ3) is 3.29. The van der Waals surface area contributed by atoms with Crippen LogP contribution in [-0.4, -0.2) is 29.8 Å². The number of nitrogens with one attached hydrogen (secondary N) is 1. The second kappa shape index (κ2) is 6.10. The molecule has 0 fully saturated rings. The van der Waals surface area contributed by atoms with E-state index < -0.39 is 12.0 Å². The molecule has 2 rings (SSSR count). The van der Waals surface area contributed by atoms with Gasteiger partial charge in [-0.05, 0) is 31.9 Å². The van der Waals surface area contributed by atoms with Crippen LogP contribution in [0.25, 0.3) is 0 Å². The topological polar surface area (TPSA) is 55.4 Å². The van der Waals surface area contributed by atoms with Crippen molar-refractivity contribution < 1.29 is 14.3 Å². The standard InChI is InChI=1S/C14H17NO3S/c1-3-18-14(17)9(2)15-13(16)12-8-10-6-4-5-7-11(10)19-12/h4-7,9,12H,3,8H2,1-2H3,(H,15,16)/t9-,12+/m0/s1. The van der Waals surface area contributed by atoms with E-state index in [0.717, 1.165) is 4.90 Å². The minimum Gasteiger partial charge on any atom is -0.464 e. The number of thioether (sulfide) groups is 1. The number of esters is 1. The molecule has 1 aliphatic heterocycles. The second-order valence-corrected chi connectivity index (χ2v) is 5.65. The summed E-state index contributed by atoms with van der Waals surface area (Å²) in [6.07, 6.45) is 0.711. The maximum absolute atomic E-state index is 12.1. The van der Waals surface area contributed by atoms with E-state index in [1.165, 1.54) is 5.56 Å². The number of hydrogen-bond acceptors (Lipinski definition) is 4. The van der Waals surface area contributed by atoms with Gasteiger partial charge in [0.05, 0.1) is 11.9 Å². The third-order valence-electron chi connectivity index (χ3n) is 2.94. The SMILES string of the molecule is CCOC(=O)[C@H](C)NC(=O)[C@H]1Cc2ccccc2S1. The van der Waals surface area contributed by atoms with Crippen molar-refractivity contribution in [2.75, 3.05) is 6.61 Å². The van der Waals surface area contributed by atoms with Gasteiger partial charge in [-0.3, -0.25) is 4.79 Å². The molecule has 1 heterocycles. The van der Waals surface area contributed by atoms with E-state index in [0.29, 0.717) is 13.0 Å². The Balaban J connectivity index is 1.91. The van der Waals surface area contributed by atoms with Gasteiger partial charge in [-0.1, -0.05) is 18.2 Å². The van der Waals surface area contributed by atoms with Crippen molar-refractivity contribution in [3.05, 3.63) is 29.8 Å². The second-order valence-electron chi connectivity index (χ2n) is 4.40. The number of benzene rings is 1. The zero-order valence-corrected chi connectivity index (χ0v) is 11.8. The van der Waals surface area contributed by atoms with E-state index in [1.807, 2.05) is 24.3 Å². The van der Waals surface area contributed by atoms with E-state index in [1.54, 1.807) is 25.6 Å². The first kappa shape index (κ1) is 13.9. The number of carbonyl (C=O) groups is 2. The first-order chi connectivity index (χ1) is 9.11. The van der Waals surface area contributed by atoms with E-state index >= 15 is 0 Å². The summed E-state index contributed by atoms with van der Waals surface area (Å²) in [5.74, 6) is -0.502. The van der Waals surface area contributed by atoms with E-state index in [9.17, 15) is 9.59 Å². The van der Waals surface area contributed by atoms with Gasteiger partial charge in [-0.25, -0.2) is 4.79 Å². The zero-order valence-electron chi connectivity index (χ0n) is 11.0. The smallest absolute Gasteiger partial charge is 0.328 e. The van der Waals surface area contributed by atoms with E-state index in [-0.39, 0.29) is 11.2 Å². The molecule has 0 aliphatic carbocycles. The lowest BCUT2D eigenvalue weighted by Gasteiger charge is -2.15. The van der Waals surface area contributed by atoms with Crippen LogP contribution in [0, 0.1) is 0 Å². The van der Waals surface area contributed by atoms with Crippen molar-refractivity contribution in [3.8, 4) is 0 Å². The highest BCUT2D eigenvalue weighted by Crippen LogP contribution is 2.36. The maximum atomic E-state index is 12.1. The molecule has 0 radical (unpaired) electrons. The van der Waals surface area contributed by atoms with Crippen LogP contribution in [-0.2, 0) is 20.7 Å². The van der Waals surface area contributed by atoms with E-state index in [2.05, 4.69) is 5.32 Å². The molecule has 19 heavy (non-hydrogen) atoms. The molecule has 0 aromatic heterocycles. The highest BCUT2D eigenvalue weighted by Gasteiger charge is 2.29. The summed E-state index contributed by atoms with van der Waals surface area (Å²) in [6.45, 7) is 3.71. The van der Waals surface area contributed by atoms with Crippen LogP contribution in [0.5, 0.6) is 0 Å². The fraction of sp³-hybridized carbons (Fsp3) is 0.429. The summed E-state index contributed by atoms with van der Waals surface area (Å²) in [6, 6.07) is 7.39. The lowest BCUT2D eigenvalue weighted by molar-refractivity contribution is -0.146. The Morgan fingerprint density at radius 2 is 2.21 bits per heavy atom. The summed E-state index contributed by atoms with van der Waals surface area (Å²) in [5.41, 5.74) is 1.19. The Kier molecular flexibility index (Phi) is 4.47. The number of rotatable bonds is 4. The fourth-order valence-corrected chi connectivity index (χ4v) is 3.17. The van der Waals surface area contributed by atoms with E-state index in [4.69, 9.17) is 4.74 Å². The minimum absolute atomic E-state index is 0.109. The molecule has 2 atom stereocenters. The average molecular weight is 279 g/mol. The molecule has 1 aromatic carbocycles. The Morgan fingerprint density at radius 1 is 1.47 bits per heavy atom. The molecule has 0 spiro atoms. The van der Waals surface area contributed by atoms with Crippen molar-refractivity contribution in [2.45, 2.75) is 36.5 Å². The molecule has 102 valence electrons. The van der Waals surface area contributed by atoms with Crippen LogP contribution in [0.3, 0.4) is 0 Å². The fourth-order valence-electron chi connectivity index (χ4n) is 1.96. The predicted molar refractivity (Wildman–Crippen MR) is 74.0 cm³/mol. The normalized spacial score (nSPS) is 18.5. The highest BCUT2D eigenvalue weighted by atomic mass is 32.2. The third-order valence-corrected chi connectivity index (χ3v) is 4.26. The molecular weight excluding hydrogens is 262 g/mol. The van der Waals surface area contributed by atoms with Gasteiger partial charge < -0.3 is 10.1 Å². The van der Waals surface area contributed by atoms with Crippen LogP contribution in [0.15, 0.2) is 29.2 Å². The van der Waals surface area contributed by atoms with Crippen LogP contribution < -0.4 is 5.32 Å². The Labute approximate surface area is 116 Å². The summed E-state index contributed by atoms with van der Waals surface area (Å²) in [5, 5.41) is 2.55.